The maximum absolute atomic E-state index is 5.42. The van der Waals surface area contributed by atoms with Gasteiger partial charge in [-0.05, 0) is 34.5 Å². The zero-order chi connectivity index (χ0) is 12.3. The molecule has 2 rings (SSSR count). The molecule has 17 heavy (non-hydrogen) atoms. The number of hydrogen-bond donors (Lipinski definition) is 1. The predicted octanol–water partition coefficient (Wildman–Crippen LogP) is 2.63. The summed E-state index contributed by atoms with van der Waals surface area (Å²) in [7, 11) is 1.95. The summed E-state index contributed by atoms with van der Waals surface area (Å²) in [6, 6.07) is 3.86. The van der Waals surface area contributed by atoms with E-state index < -0.39 is 0 Å². The summed E-state index contributed by atoms with van der Waals surface area (Å²) in [5.41, 5.74) is 2.40. The Morgan fingerprint density at radius 3 is 2.88 bits per heavy atom. The van der Waals surface area contributed by atoms with Gasteiger partial charge in [-0.25, -0.2) is 0 Å². The second kappa shape index (κ2) is 5.51. The van der Waals surface area contributed by atoms with Gasteiger partial charge in [-0.2, -0.15) is 5.10 Å². The van der Waals surface area contributed by atoms with Crippen molar-refractivity contribution in [2.75, 3.05) is 0 Å². The van der Waals surface area contributed by atoms with Crippen molar-refractivity contribution in [2.24, 2.45) is 7.05 Å². The van der Waals surface area contributed by atoms with Crippen LogP contribution in [0, 0.1) is 0 Å². The van der Waals surface area contributed by atoms with Gasteiger partial charge in [0.2, 0.25) is 0 Å². The van der Waals surface area contributed by atoms with Gasteiger partial charge in [0.1, 0.15) is 5.76 Å². The van der Waals surface area contributed by atoms with Crippen molar-refractivity contribution >= 4 is 15.9 Å². The van der Waals surface area contributed by atoms with Crippen molar-refractivity contribution < 1.29 is 4.42 Å². The highest BCUT2D eigenvalue weighted by Crippen LogP contribution is 2.14. The lowest BCUT2D eigenvalue weighted by molar-refractivity contribution is 0.465. The minimum Gasteiger partial charge on any atom is -0.453 e. The van der Waals surface area contributed by atoms with E-state index in [1.165, 1.54) is 5.56 Å². The van der Waals surface area contributed by atoms with Gasteiger partial charge in [0, 0.05) is 25.4 Å². The van der Waals surface area contributed by atoms with Crippen molar-refractivity contribution in [2.45, 2.75) is 26.4 Å². The molecule has 4 nitrogen and oxygen atoms in total. The van der Waals surface area contributed by atoms with Gasteiger partial charge in [-0.1, -0.05) is 6.92 Å². The first-order chi connectivity index (χ1) is 8.19. The van der Waals surface area contributed by atoms with Crippen molar-refractivity contribution in [3.8, 4) is 0 Å². The molecule has 92 valence electrons. The average Bonchev–Trinajstić information content (AvgIpc) is 2.85. The largest absolute Gasteiger partial charge is 0.453 e. The molecule has 0 fully saturated rings. The van der Waals surface area contributed by atoms with Crippen LogP contribution in [0.5, 0.6) is 0 Å². The van der Waals surface area contributed by atoms with E-state index in [2.05, 4.69) is 39.5 Å². The summed E-state index contributed by atoms with van der Waals surface area (Å²) in [4.78, 5) is 0. The zero-order valence-electron chi connectivity index (χ0n) is 10.0. The Bertz CT molecular complexity index is 490. The molecule has 0 spiro atoms. The summed E-state index contributed by atoms with van der Waals surface area (Å²) >= 11 is 3.29. The zero-order valence-corrected chi connectivity index (χ0v) is 11.6. The van der Waals surface area contributed by atoms with E-state index in [0.29, 0.717) is 0 Å². The first-order valence-electron chi connectivity index (χ1n) is 5.65. The molecule has 1 N–H and O–H groups in total. The fourth-order valence-electron chi connectivity index (χ4n) is 1.80. The molecule has 2 aromatic rings. The topological polar surface area (TPSA) is 43.0 Å². The van der Waals surface area contributed by atoms with Crippen molar-refractivity contribution in [3.05, 3.63) is 40.0 Å². The quantitative estimate of drug-likeness (QED) is 0.922. The monoisotopic (exact) mass is 297 g/mol. The summed E-state index contributed by atoms with van der Waals surface area (Å²) in [6.07, 6.45) is 3.02. The minimum absolute atomic E-state index is 0.726. The Labute approximate surface area is 109 Å². The van der Waals surface area contributed by atoms with E-state index in [1.54, 1.807) is 0 Å². The molecule has 2 aromatic heterocycles. The lowest BCUT2D eigenvalue weighted by Gasteiger charge is -2.01. The van der Waals surface area contributed by atoms with Gasteiger partial charge in [0.05, 0.1) is 12.2 Å². The number of hydrogen-bond acceptors (Lipinski definition) is 3. The highest BCUT2D eigenvalue weighted by atomic mass is 79.9. The summed E-state index contributed by atoms with van der Waals surface area (Å²) in [6.45, 7) is 3.66. The second-order valence-corrected chi connectivity index (χ2v) is 4.72. The molecule has 5 heteroatoms. The Balaban J connectivity index is 1.89. The van der Waals surface area contributed by atoms with E-state index in [-0.39, 0.29) is 0 Å². The van der Waals surface area contributed by atoms with Crippen LogP contribution in [0.1, 0.15) is 23.9 Å². The number of halogens is 1. The minimum atomic E-state index is 0.726. The molecule has 0 saturated carbocycles. The summed E-state index contributed by atoms with van der Waals surface area (Å²) in [5.74, 6) is 0.929. The van der Waals surface area contributed by atoms with Crippen LogP contribution in [0.25, 0.3) is 0 Å². The number of nitrogens with one attached hydrogen (secondary N) is 1. The maximum Gasteiger partial charge on any atom is 0.169 e. The highest BCUT2D eigenvalue weighted by Gasteiger charge is 2.05. The van der Waals surface area contributed by atoms with E-state index in [1.807, 2.05) is 23.9 Å². The van der Waals surface area contributed by atoms with E-state index >= 15 is 0 Å². The molecule has 0 aliphatic rings. The lowest BCUT2D eigenvalue weighted by atomic mass is 10.2. The third-order valence-corrected chi connectivity index (χ3v) is 3.00. The molecular weight excluding hydrogens is 282 g/mol. The Morgan fingerprint density at radius 2 is 2.24 bits per heavy atom. The molecule has 0 bridgehead atoms. The number of nitrogens with zero attached hydrogens (tertiary/aromatic N) is 2. The molecule has 0 radical (unpaired) electrons. The fourth-order valence-corrected chi connectivity index (χ4v) is 2.14. The Kier molecular flexibility index (Phi) is 4.02. The van der Waals surface area contributed by atoms with Crippen LogP contribution in [0.3, 0.4) is 0 Å². The SMILES string of the molecule is CCc1nn(C)cc1CNCc1ccc(Br)o1. The van der Waals surface area contributed by atoms with Crippen molar-refractivity contribution in [3.63, 3.8) is 0 Å². The molecule has 0 aliphatic carbocycles. The molecule has 2 heterocycles. The number of rotatable bonds is 5. The van der Waals surface area contributed by atoms with E-state index in [4.69, 9.17) is 4.42 Å². The van der Waals surface area contributed by atoms with Gasteiger partial charge < -0.3 is 9.73 Å². The van der Waals surface area contributed by atoms with Crippen molar-refractivity contribution in [1.82, 2.24) is 15.1 Å². The third-order valence-electron chi connectivity index (χ3n) is 2.57. The van der Waals surface area contributed by atoms with Gasteiger partial charge in [-0.3, -0.25) is 4.68 Å². The standard InChI is InChI=1S/C12H16BrN3O/c1-3-11-9(8-16(2)15-11)6-14-7-10-4-5-12(13)17-10/h4-5,8,14H,3,6-7H2,1-2H3. The average molecular weight is 298 g/mol. The van der Waals surface area contributed by atoms with Crippen LogP contribution in [-0.4, -0.2) is 9.78 Å². The molecule has 0 atom stereocenters. The van der Waals surface area contributed by atoms with Crippen LogP contribution in [0.4, 0.5) is 0 Å². The first-order valence-corrected chi connectivity index (χ1v) is 6.44. The fraction of sp³-hybridized carbons (Fsp3) is 0.417. The Morgan fingerprint density at radius 1 is 1.41 bits per heavy atom. The van der Waals surface area contributed by atoms with Crippen LogP contribution in [-0.2, 0) is 26.6 Å². The lowest BCUT2D eigenvalue weighted by Crippen LogP contribution is -2.12. The highest BCUT2D eigenvalue weighted by molar-refractivity contribution is 9.10. The predicted molar refractivity (Wildman–Crippen MR) is 69.5 cm³/mol. The summed E-state index contributed by atoms with van der Waals surface area (Å²) in [5, 5.41) is 7.76. The molecular formula is C12H16BrN3O. The Hall–Kier alpha value is -1.07. The van der Waals surface area contributed by atoms with Crippen LogP contribution in [0.15, 0.2) is 27.4 Å². The van der Waals surface area contributed by atoms with E-state index in [9.17, 15) is 0 Å². The number of aromatic nitrogens is 2. The molecule has 0 aromatic carbocycles. The third kappa shape index (κ3) is 3.20. The van der Waals surface area contributed by atoms with Crippen LogP contribution >= 0.6 is 15.9 Å². The van der Waals surface area contributed by atoms with Crippen LogP contribution < -0.4 is 5.32 Å². The first kappa shape index (κ1) is 12.4. The van der Waals surface area contributed by atoms with Crippen molar-refractivity contribution in [1.29, 1.82) is 0 Å². The molecule has 0 aliphatic heterocycles. The summed E-state index contributed by atoms with van der Waals surface area (Å²) < 4.78 is 8.05. The van der Waals surface area contributed by atoms with E-state index in [0.717, 1.165) is 35.6 Å². The second-order valence-electron chi connectivity index (χ2n) is 3.94. The smallest absolute Gasteiger partial charge is 0.169 e. The molecule has 0 saturated heterocycles. The maximum atomic E-state index is 5.42. The normalized spacial score (nSPS) is 11.0. The number of aryl methyl sites for hydroxylation is 2. The van der Waals surface area contributed by atoms with Gasteiger partial charge in [0.15, 0.2) is 4.67 Å². The molecule has 0 amide bonds. The molecule has 0 unspecified atom stereocenters. The number of furan rings is 1. The van der Waals surface area contributed by atoms with Gasteiger partial charge >= 0.3 is 0 Å². The van der Waals surface area contributed by atoms with Gasteiger partial charge in [-0.15, -0.1) is 0 Å². The van der Waals surface area contributed by atoms with Crippen LogP contribution in [0.2, 0.25) is 0 Å². The van der Waals surface area contributed by atoms with Gasteiger partial charge in [0.25, 0.3) is 0 Å².